The van der Waals surface area contributed by atoms with Gasteiger partial charge in [-0.15, -0.1) is 0 Å². The zero-order valence-electron chi connectivity index (χ0n) is 19.7. The number of sulfonamides is 1. The van der Waals surface area contributed by atoms with Gasteiger partial charge in [0.2, 0.25) is 0 Å². The van der Waals surface area contributed by atoms with Gasteiger partial charge >= 0.3 is 12.1 Å². The number of anilines is 1. The van der Waals surface area contributed by atoms with E-state index in [1.54, 1.807) is 32.9 Å². The van der Waals surface area contributed by atoms with Crippen LogP contribution in [-0.4, -0.2) is 61.9 Å². The number of hydrogen-bond acceptors (Lipinski definition) is 8. The first kappa shape index (κ1) is 25.2. The van der Waals surface area contributed by atoms with Crippen molar-refractivity contribution < 1.29 is 27.5 Å². The molecule has 1 aliphatic rings. The fourth-order valence-electron chi connectivity index (χ4n) is 3.26. The van der Waals surface area contributed by atoms with E-state index in [-0.39, 0.29) is 22.2 Å². The maximum atomic E-state index is 12.8. The normalized spacial score (nSPS) is 14.2. The maximum absolute atomic E-state index is 12.8. The van der Waals surface area contributed by atoms with Crippen LogP contribution in [0.3, 0.4) is 0 Å². The first-order chi connectivity index (χ1) is 15.8. The van der Waals surface area contributed by atoms with E-state index in [0.717, 1.165) is 12.7 Å². The molecule has 3 rings (SSSR count). The van der Waals surface area contributed by atoms with Gasteiger partial charge < -0.3 is 14.4 Å². The van der Waals surface area contributed by atoms with Crippen molar-refractivity contribution in [2.24, 2.45) is 0 Å². The third-order valence-electron chi connectivity index (χ3n) is 5.13. The first-order valence-electron chi connectivity index (χ1n) is 10.6. The van der Waals surface area contributed by atoms with Crippen LogP contribution in [0, 0.1) is 12.3 Å². The summed E-state index contributed by atoms with van der Waals surface area (Å²) in [5, 5.41) is 8.20. The summed E-state index contributed by atoms with van der Waals surface area (Å²) in [6, 6.07) is 7.76. The number of esters is 1. The number of aromatic nitrogens is 1. The number of hydrogen-bond donors (Lipinski definition) is 2. The molecule has 2 N–H and O–H groups in total. The summed E-state index contributed by atoms with van der Waals surface area (Å²) in [6.07, 6.45) is 1.04. The van der Waals surface area contributed by atoms with Gasteiger partial charge in [-0.2, -0.15) is 0 Å². The predicted molar refractivity (Wildman–Crippen MR) is 126 cm³/mol. The number of benzene rings is 1. The lowest BCUT2D eigenvalue weighted by Crippen LogP contribution is -2.50. The second kappa shape index (κ2) is 9.41. The minimum atomic E-state index is -4.01. The molecule has 0 atom stereocenters. The van der Waals surface area contributed by atoms with Gasteiger partial charge in [0.05, 0.1) is 17.6 Å². The molecule has 1 saturated heterocycles. The van der Waals surface area contributed by atoms with Crippen LogP contribution >= 0.6 is 0 Å². The Bertz CT molecular complexity index is 1210. The molecule has 1 amide bonds. The fraction of sp³-hybridized carbons (Fsp3) is 0.391. The number of likely N-dealkylation sites (tertiary alicyclic amines) is 1. The number of rotatable bonds is 6. The highest BCUT2D eigenvalue weighted by Crippen LogP contribution is 2.31. The van der Waals surface area contributed by atoms with E-state index < -0.39 is 33.4 Å². The molecule has 1 aliphatic heterocycles. The standard InChI is InChI=1S/C23H28N4O6S/c1-14-6-8-17(9-7-14)34(30,31)26-20-18(19(24)21(28)32-5)10-15(11-25-20)16-12-27(13-16)22(29)33-23(2,3)4/h6-11,16,24H,12-13H2,1-5H3,(H,25,26). The second-order valence-corrected chi connectivity index (χ2v) is 10.7. The lowest BCUT2D eigenvalue weighted by atomic mass is 9.91. The van der Waals surface area contributed by atoms with Crippen molar-refractivity contribution in [2.75, 3.05) is 24.9 Å². The number of carbonyl (C=O) groups is 2. The van der Waals surface area contributed by atoms with Crippen LogP contribution in [0.4, 0.5) is 10.6 Å². The maximum Gasteiger partial charge on any atom is 0.410 e. The Hall–Kier alpha value is -3.47. The Morgan fingerprint density at radius 3 is 2.35 bits per heavy atom. The summed E-state index contributed by atoms with van der Waals surface area (Å²) in [7, 11) is -2.88. The zero-order chi connectivity index (χ0) is 25.3. The summed E-state index contributed by atoms with van der Waals surface area (Å²) in [6.45, 7) is 7.93. The summed E-state index contributed by atoms with van der Waals surface area (Å²) >= 11 is 0. The summed E-state index contributed by atoms with van der Waals surface area (Å²) < 4.78 is 38.1. The fourth-order valence-corrected chi connectivity index (χ4v) is 4.29. The van der Waals surface area contributed by atoms with Gasteiger partial charge in [0.1, 0.15) is 11.4 Å². The van der Waals surface area contributed by atoms with Crippen molar-refractivity contribution >= 4 is 33.6 Å². The quantitative estimate of drug-likeness (QED) is 0.471. The average molecular weight is 489 g/mol. The van der Waals surface area contributed by atoms with Gasteiger partial charge in [-0.25, -0.2) is 23.0 Å². The van der Waals surface area contributed by atoms with E-state index in [9.17, 15) is 18.0 Å². The van der Waals surface area contributed by atoms with E-state index in [1.165, 1.54) is 29.3 Å². The molecule has 182 valence electrons. The molecule has 0 bridgehead atoms. The molecule has 11 heteroatoms. The number of aryl methyl sites for hydroxylation is 1. The SMILES string of the molecule is COC(=O)C(=N)c1cc(C2CN(C(=O)OC(C)(C)C)C2)cnc1NS(=O)(=O)c1ccc(C)cc1. The molecular formula is C23H28N4O6S. The van der Waals surface area contributed by atoms with Gasteiger partial charge in [-0.05, 0) is 51.5 Å². The number of ether oxygens (including phenoxy) is 2. The van der Waals surface area contributed by atoms with Crippen LogP contribution in [0.25, 0.3) is 0 Å². The van der Waals surface area contributed by atoms with Crippen LogP contribution in [0.5, 0.6) is 0 Å². The number of pyridine rings is 1. The van der Waals surface area contributed by atoms with Crippen LogP contribution in [0.2, 0.25) is 0 Å². The smallest absolute Gasteiger partial charge is 0.410 e. The Morgan fingerprint density at radius 2 is 1.79 bits per heavy atom. The summed E-state index contributed by atoms with van der Waals surface area (Å²) in [4.78, 5) is 30.0. The molecule has 2 aromatic rings. The third-order valence-corrected chi connectivity index (χ3v) is 6.49. The molecule has 34 heavy (non-hydrogen) atoms. The van der Waals surface area contributed by atoms with E-state index in [1.807, 2.05) is 6.92 Å². The highest BCUT2D eigenvalue weighted by molar-refractivity contribution is 7.92. The molecule has 1 aromatic heterocycles. The number of amides is 1. The first-order valence-corrected chi connectivity index (χ1v) is 12.0. The predicted octanol–water partition coefficient (Wildman–Crippen LogP) is 3.07. The van der Waals surface area contributed by atoms with Crippen molar-refractivity contribution in [3.8, 4) is 0 Å². The number of nitrogens with zero attached hydrogens (tertiary/aromatic N) is 2. The van der Waals surface area contributed by atoms with Crippen molar-refractivity contribution in [3.63, 3.8) is 0 Å². The molecule has 0 saturated carbocycles. The topological polar surface area (TPSA) is 139 Å². The van der Waals surface area contributed by atoms with Gasteiger partial charge in [0.15, 0.2) is 5.71 Å². The van der Waals surface area contributed by atoms with Gasteiger partial charge in [0, 0.05) is 25.2 Å². The Morgan fingerprint density at radius 1 is 1.18 bits per heavy atom. The average Bonchev–Trinajstić information content (AvgIpc) is 2.71. The number of nitrogens with one attached hydrogen (secondary N) is 2. The third kappa shape index (κ3) is 5.71. The molecular weight excluding hydrogens is 460 g/mol. The Kier molecular flexibility index (Phi) is 6.97. The van der Waals surface area contributed by atoms with E-state index >= 15 is 0 Å². The van der Waals surface area contributed by atoms with Crippen LogP contribution in [-0.2, 0) is 24.3 Å². The second-order valence-electron chi connectivity index (χ2n) is 9.03. The lowest BCUT2D eigenvalue weighted by molar-refractivity contribution is -0.132. The number of carbonyl (C=O) groups excluding carboxylic acids is 2. The highest BCUT2D eigenvalue weighted by atomic mass is 32.2. The van der Waals surface area contributed by atoms with Gasteiger partial charge in [0.25, 0.3) is 10.0 Å². The molecule has 0 aliphatic carbocycles. The van der Waals surface area contributed by atoms with E-state index in [2.05, 4.69) is 14.4 Å². The number of methoxy groups -OCH3 is 1. The van der Waals surface area contributed by atoms with Crippen molar-refractivity contribution in [2.45, 2.75) is 44.1 Å². The zero-order valence-corrected chi connectivity index (χ0v) is 20.5. The van der Waals surface area contributed by atoms with Crippen molar-refractivity contribution in [3.05, 3.63) is 53.2 Å². The Balaban J connectivity index is 1.86. The molecule has 2 heterocycles. The monoisotopic (exact) mass is 488 g/mol. The van der Waals surface area contributed by atoms with Crippen LogP contribution in [0.15, 0.2) is 41.4 Å². The molecule has 0 radical (unpaired) electrons. The lowest BCUT2D eigenvalue weighted by Gasteiger charge is -2.40. The van der Waals surface area contributed by atoms with Crippen LogP contribution < -0.4 is 4.72 Å². The summed E-state index contributed by atoms with van der Waals surface area (Å²) in [5.74, 6) is -1.20. The van der Waals surface area contributed by atoms with Crippen molar-refractivity contribution in [1.82, 2.24) is 9.88 Å². The van der Waals surface area contributed by atoms with Crippen molar-refractivity contribution in [1.29, 1.82) is 5.41 Å². The van der Waals surface area contributed by atoms with E-state index in [0.29, 0.717) is 18.7 Å². The molecule has 1 aromatic carbocycles. The van der Waals surface area contributed by atoms with E-state index in [4.69, 9.17) is 10.1 Å². The summed E-state index contributed by atoms with van der Waals surface area (Å²) in [5.41, 5.74) is 0.387. The Labute approximate surface area is 198 Å². The largest absolute Gasteiger partial charge is 0.464 e. The highest BCUT2D eigenvalue weighted by Gasteiger charge is 2.35. The minimum absolute atomic E-state index is 0.0178. The molecule has 0 unspecified atom stereocenters. The molecule has 10 nitrogen and oxygen atoms in total. The van der Waals surface area contributed by atoms with Gasteiger partial charge in [-0.1, -0.05) is 17.7 Å². The minimum Gasteiger partial charge on any atom is -0.464 e. The molecule has 0 spiro atoms. The molecule has 1 fully saturated rings. The van der Waals surface area contributed by atoms with Gasteiger partial charge in [-0.3, -0.25) is 10.1 Å². The van der Waals surface area contributed by atoms with Crippen LogP contribution in [0.1, 0.15) is 43.4 Å².